The highest BCUT2D eigenvalue weighted by Crippen LogP contribution is 2.02. The average molecular weight is 234 g/mol. The van der Waals surface area contributed by atoms with Crippen molar-refractivity contribution in [1.29, 1.82) is 0 Å². The summed E-state index contributed by atoms with van der Waals surface area (Å²) in [7, 11) is 0. The van der Waals surface area contributed by atoms with E-state index in [2.05, 4.69) is 37.7 Å². The van der Waals surface area contributed by atoms with Gasteiger partial charge in [-0.25, -0.2) is 0 Å². The van der Waals surface area contributed by atoms with Gasteiger partial charge >= 0.3 is 0 Å². The summed E-state index contributed by atoms with van der Waals surface area (Å²) in [5.41, 5.74) is 0. The van der Waals surface area contributed by atoms with E-state index in [9.17, 15) is 0 Å². The van der Waals surface area contributed by atoms with E-state index in [0.29, 0.717) is 11.8 Å². The molecule has 0 radical (unpaired) electrons. The summed E-state index contributed by atoms with van der Waals surface area (Å²) >= 11 is 7.02. The van der Waals surface area contributed by atoms with Crippen LogP contribution in [0, 0.1) is 11.8 Å². The van der Waals surface area contributed by atoms with Gasteiger partial charge in [-0.1, -0.05) is 20.8 Å². The number of nitrogens with one attached hydrogen (secondary N) is 2. The van der Waals surface area contributed by atoms with Crippen molar-refractivity contribution in [3.8, 4) is 0 Å². The smallest absolute Gasteiger partial charge is 0.166 e. The number of thiocarbonyl (C=S) groups is 1. The van der Waals surface area contributed by atoms with Crippen molar-refractivity contribution in [2.24, 2.45) is 11.8 Å². The first-order valence-corrected chi connectivity index (χ1v) is 6.87. The first-order chi connectivity index (χ1) is 6.56. The lowest BCUT2D eigenvalue weighted by molar-refractivity contribution is 0.599. The van der Waals surface area contributed by atoms with Crippen LogP contribution in [0.25, 0.3) is 0 Å². The van der Waals surface area contributed by atoms with Gasteiger partial charge < -0.3 is 10.6 Å². The van der Waals surface area contributed by atoms with Gasteiger partial charge in [0.2, 0.25) is 0 Å². The highest BCUT2D eigenvalue weighted by Gasteiger charge is 2.02. The quantitative estimate of drug-likeness (QED) is 0.687. The number of thioether (sulfide) groups is 1. The molecule has 0 saturated heterocycles. The molecule has 0 aliphatic heterocycles. The minimum absolute atomic E-state index is 0.637. The Bertz CT molecular complexity index is 160. The van der Waals surface area contributed by atoms with Gasteiger partial charge in [0.05, 0.1) is 0 Å². The molecule has 2 nitrogen and oxygen atoms in total. The Balaban J connectivity index is 3.43. The first kappa shape index (κ1) is 14.0. The van der Waals surface area contributed by atoms with E-state index < -0.39 is 0 Å². The van der Waals surface area contributed by atoms with Gasteiger partial charge in [-0.15, -0.1) is 0 Å². The van der Waals surface area contributed by atoms with Crippen LogP contribution in [0.4, 0.5) is 0 Å². The van der Waals surface area contributed by atoms with Crippen LogP contribution in [0.15, 0.2) is 0 Å². The Labute approximate surface area is 97.6 Å². The van der Waals surface area contributed by atoms with Crippen LogP contribution in [0.5, 0.6) is 0 Å². The van der Waals surface area contributed by atoms with Crippen molar-refractivity contribution in [2.75, 3.05) is 25.1 Å². The molecule has 0 aromatic carbocycles. The largest absolute Gasteiger partial charge is 0.362 e. The second-order valence-corrected chi connectivity index (χ2v) is 5.36. The van der Waals surface area contributed by atoms with Gasteiger partial charge in [0, 0.05) is 13.1 Å². The van der Waals surface area contributed by atoms with Gasteiger partial charge in [0.25, 0.3) is 0 Å². The van der Waals surface area contributed by atoms with E-state index in [4.69, 9.17) is 12.2 Å². The fourth-order valence-electron chi connectivity index (χ4n) is 0.970. The molecule has 0 amide bonds. The molecular formula is C10H22N2S2. The van der Waals surface area contributed by atoms with Gasteiger partial charge in [-0.05, 0) is 36.1 Å². The van der Waals surface area contributed by atoms with E-state index in [1.54, 1.807) is 0 Å². The van der Waals surface area contributed by atoms with Gasteiger partial charge in [0.1, 0.15) is 0 Å². The van der Waals surface area contributed by atoms with Crippen LogP contribution in [-0.4, -0.2) is 30.2 Å². The fraction of sp³-hybridized carbons (Fsp3) is 0.900. The van der Waals surface area contributed by atoms with Crippen molar-refractivity contribution < 1.29 is 0 Å². The molecule has 0 rings (SSSR count). The number of hydrogen-bond donors (Lipinski definition) is 2. The third-order valence-electron chi connectivity index (χ3n) is 1.73. The molecule has 0 aliphatic carbocycles. The van der Waals surface area contributed by atoms with Crippen LogP contribution in [-0.2, 0) is 0 Å². The summed E-state index contributed by atoms with van der Waals surface area (Å²) in [4.78, 5) is 0. The zero-order chi connectivity index (χ0) is 11.0. The summed E-state index contributed by atoms with van der Waals surface area (Å²) in [5, 5.41) is 7.21. The van der Waals surface area contributed by atoms with Crippen LogP contribution in [0.1, 0.15) is 20.8 Å². The maximum Gasteiger partial charge on any atom is 0.166 e. The summed E-state index contributed by atoms with van der Waals surface area (Å²) in [5.74, 6) is 2.49. The van der Waals surface area contributed by atoms with E-state index in [0.717, 1.165) is 18.2 Å². The molecule has 0 bridgehead atoms. The molecule has 84 valence electrons. The maximum absolute atomic E-state index is 5.15. The minimum atomic E-state index is 0.637. The van der Waals surface area contributed by atoms with Crippen LogP contribution in [0.3, 0.4) is 0 Å². The summed E-state index contributed by atoms with van der Waals surface area (Å²) in [6, 6.07) is 0. The summed E-state index contributed by atoms with van der Waals surface area (Å²) in [6.07, 6.45) is 2.13. The molecule has 0 aromatic heterocycles. The van der Waals surface area contributed by atoms with E-state index in [1.807, 2.05) is 11.8 Å². The molecule has 0 aromatic rings. The summed E-state index contributed by atoms with van der Waals surface area (Å²) in [6.45, 7) is 8.49. The third kappa shape index (κ3) is 8.63. The molecule has 0 fully saturated rings. The summed E-state index contributed by atoms with van der Waals surface area (Å²) < 4.78 is 0. The molecule has 0 heterocycles. The second-order valence-electron chi connectivity index (χ2n) is 4.05. The highest BCUT2D eigenvalue weighted by molar-refractivity contribution is 7.98. The molecule has 0 aliphatic rings. The van der Waals surface area contributed by atoms with Gasteiger partial charge in [-0.2, -0.15) is 11.8 Å². The number of hydrogen-bond acceptors (Lipinski definition) is 2. The van der Waals surface area contributed by atoms with Gasteiger partial charge in [-0.3, -0.25) is 0 Å². The third-order valence-corrected chi connectivity index (χ3v) is 2.92. The first-order valence-electron chi connectivity index (χ1n) is 5.06. The van der Waals surface area contributed by atoms with Crippen LogP contribution >= 0.6 is 24.0 Å². The molecule has 0 spiro atoms. The van der Waals surface area contributed by atoms with E-state index >= 15 is 0 Å². The molecular weight excluding hydrogens is 212 g/mol. The molecule has 1 atom stereocenters. The predicted octanol–water partition coefficient (Wildman–Crippen LogP) is 2.11. The van der Waals surface area contributed by atoms with E-state index in [1.165, 1.54) is 5.75 Å². The normalized spacial score (nSPS) is 12.6. The van der Waals surface area contributed by atoms with Crippen molar-refractivity contribution in [1.82, 2.24) is 10.6 Å². The van der Waals surface area contributed by atoms with Gasteiger partial charge in [0.15, 0.2) is 5.11 Å². The lowest BCUT2D eigenvalue weighted by Gasteiger charge is -2.15. The standard InChI is InChI=1S/C10H22N2S2/c1-8(2)5-11-10(13)12-6-9(3)7-14-4/h8-9H,5-7H2,1-4H3,(H2,11,12,13). The fourth-order valence-corrected chi connectivity index (χ4v) is 1.82. The molecule has 0 saturated carbocycles. The molecule has 1 unspecified atom stereocenters. The van der Waals surface area contributed by atoms with Crippen LogP contribution in [0.2, 0.25) is 0 Å². The maximum atomic E-state index is 5.15. The zero-order valence-corrected chi connectivity index (χ0v) is 11.2. The van der Waals surface area contributed by atoms with Crippen LogP contribution < -0.4 is 10.6 Å². The minimum Gasteiger partial charge on any atom is -0.362 e. The topological polar surface area (TPSA) is 24.1 Å². The second kappa shape index (κ2) is 8.36. The Morgan fingerprint density at radius 1 is 1.21 bits per heavy atom. The Hall–Kier alpha value is 0.0400. The molecule has 4 heteroatoms. The molecule has 14 heavy (non-hydrogen) atoms. The lowest BCUT2D eigenvalue weighted by atomic mass is 10.2. The number of rotatable bonds is 6. The highest BCUT2D eigenvalue weighted by atomic mass is 32.2. The Morgan fingerprint density at radius 3 is 2.29 bits per heavy atom. The Kier molecular flexibility index (Phi) is 8.38. The lowest BCUT2D eigenvalue weighted by Crippen LogP contribution is -2.39. The zero-order valence-electron chi connectivity index (χ0n) is 9.59. The monoisotopic (exact) mass is 234 g/mol. The molecule has 2 N–H and O–H groups in total. The van der Waals surface area contributed by atoms with E-state index in [-0.39, 0.29) is 0 Å². The SMILES string of the molecule is CSCC(C)CNC(=S)NCC(C)C. The van der Waals surface area contributed by atoms with Crippen molar-refractivity contribution in [3.05, 3.63) is 0 Å². The van der Waals surface area contributed by atoms with Crippen molar-refractivity contribution in [2.45, 2.75) is 20.8 Å². The van der Waals surface area contributed by atoms with Crippen molar-refractivity contribution in [3.63, 3.8) is 0 Å². The Morgan fingerprint density at radius 2 is 1.79 bits per heavy atom. The van der Waals surface area contributed by atoms with Crippen molar-refractivity contribution >= 4 is 29.1 Å². The average Bonchev–Trinajstić information content (AvgIpc) is 2.12. The predicted molar refractivity (Wildman–Crippen MR) is 71.0 cm³/mol.